The average Bonchev–Trinajstić information content (AvgIpc) is 2.33. The Hall–Kier alpha value is -1.35. The number of para-hydroxylation sites is 1. The van der Waals surface area contributed by atoms with Gasteiger partial charge in [-0.2, -0.15) is 0 Å². The van der Waals surface area contributed by atoms with Gasteiger partial charge in [-0.25, -0.2) is 0 Å². The third kappa shape index (κ3) is 3.07. The van der Waals surface area contributed by atoms with Gasteiger partial charge in [-0.3, -0.25) is 4.98 Å². The highest BCUT2D eigenvalue weighted by atomic mass is 79.9. The molecule has 2 rings (SSSR count). The minimum Gasteiger partial charge on any atom is -0.492 e. The Morgan fingerprint density at radius 2 is 2.00 bits per heavy atom. The van der Waals surface area contributed by atoms with Crippen LogP contribution < -0.4 is 4.74 Å². The summed E-state index contributed by atoms with van der Waals surface area (Å²) in [5.74, 6) is 0.881. The predicted octanol–water partition coefficient (Wildman–Crippen LogP) is 3.47. The van der Waals surface area contributed by atoms with Crippen LogP contribution in [0, 0.1) is 0 Å². The predicted molar refractivity (Wildman–Crippen MR) is 67.6 cm³/mol. The van der Waals surface area contributed by atoms with Gasteiger partial charge in [0.15, 0.2) is 0 Å². The molecule has 16 heavy (non-hydrogen) atoms. The Bertz CT molecular complexity index is 445. The highest BCUT2D eigenvalue weighted by Crippen LogP contribution is 2.23. The zero-order chi connectivity index (χ0) is 11.2. The van der Waals surface area contributed by atoms with Crippen molar-refractivity contribution in [2.45, 2.75) is 6.42 Å². The number of hydrogen-bond donors (Lipinski definition) is 0. The molecule has 0 saturated heterocycles. The first-order valence-electron chi connectivity index (χ1n) is 5.12. The lowest BCUT2D eigenvalue weighted by Gasteiger charge is -2.07. The molecule has 0 aliphatic heterocycles. The number of ether oxygens (including phenoxy) is 1. The average molecular weight is 278 g/mol. The fraction of sp³-hybridized carbons (Fsp3) is 0.154. The molecule has 0 saturated carbocycles. The summed E-state index contributed by atoms with van der Waals surface area (Å²) >= 11 is 3.45. The van der Waals surface area contributed by atoms with Crippen LogP contribution in [0.25, 0.3) is 0 Å². The normalized spacial score (nSPS) is 10.1. The zero-order valence-electron chi connectivity index (χ0n) is 8.77. The van der Waals surface area contributed by atoms with Crippen molar-refractivity contribution in [1.29, 1.82) is 0 Å². The Morgan fingerprint density at radius 1 is 1.12 bits per heavy atom. The van der Waals surface area contributed by atoms with Gasteiger partial charge in [0, 0.05) is 18.8 Å². The number of halogens is 1. The maximum Gasteiger partial charge on any atom is 0.133 e. The first-order valence-corrected chi connectivity index (χ1v) is 5.92. The molecule has 2 aromatic rings. The van der Waals surface area contributed by atoms with Crippen LogP contribution in [0.3, 0.4) is 0 Å². The molecular formula is C13H12BrNO. The van der Waals surface area contributed by atoms with E-state index in [1.54, 1.807) is 6.20 Å². The Balaban J connectivity index is 1.87. The van der Waals surface area contributed by atoms with Crippen molar-refractivity contribution in [3.63, 3.8) is 0 Å². The molecule has 0 aliphatic rings. The topological polar surface area (TPSA) is 22.1 Å². The molecule has 1 aromatic heterocycles. The molecule has 0 aliphatic carbocycles. The monoisotopic (exact) mass is 277 g/mol. The number of benzene rings is 1. The molecule has 0 radical (unpaired) electrons. The van der Waals surface area contributed by atoms with Crippen LogP contribution >= 0.6 is 15.9 Å². The molecule has 0 amide bonds. The van der Waals surface area contributed by atoms with E-state index in [2.05, 4.69) is 27.0 Å². The second kappa shape index (κ2) is 5.66. The standard InChI is InChI=1S/C13H12BrNO/c14-12-5-1-2-6-13(12)16-9-7-11-4-3-8-15-10-11/h1-6,8,10H,7,9H2. The van der Waals surface area contributed by atoms with Crippen molar-refractivity contribution in [3.05, 3.63) is 58.8 Å². The van der Waals surface area contributed by atoms with E-state index in [0.717, 1.165) is 16.6 Å². The molecule has 0 atom stereocenters. The van der Waals surface area contributed by atoms with Crippen molar-refractivity contribution in [2.24, 2.45) is 0 Å². The first kappa shape index (κ1) is 11.1. The molecule has 0 spiro atoms. The van der Waals surface area contributed by atoms with Crippen LogP contribution in [0.5, 0.6) is 5.75 Å². The number of aromatic nitrogens is 1. The van der Waals surface area contributed by atoms with E-state index >= 15 is 0 Å². The summed E-state index contributed by atoms with van der Waals surface area (Å²) in [6.07, 6.45) is 4.51. The molecular weight excluding hydrogens is 266 g/mol. The van der Waals surface area contributed by atoms with Gasteiger partial charge >= 0.3 is 0 Å². The molecule has 82 valence electrons. The summed E-state index contributed by atoms with van der Waals surface area (Å²) in [5.41, 5.74) is 1.19. The number of pyridine rings is 1. The van der Waals surface area contributed by atoms with Crippen LogP contribution in [0.4, 0.5) is 0 Å². The number of nitrogens with zero attached hydrogens (tertiary/aromatic N) is 1. The summed E-state index contributed by atoms with van der Waals surface area (Å²) in [5, 5.41) is 0. The summed E-state index contributed by atoms with van der Waals surface area (Å²) < 4.78 is 6.65. The summed E-state index contributed by atoms with van der Waals surface area (Å²) in [6.45, 7) is 0.661. The molecule has 2 nitrogen and oxygen atoms in total. The van der Waals surface area contributed by atoms with Crippen LogP contribution in [-0.4, -0.2) is 11.6 Å². The maximum absolute atomic E-state index is 5.67. The van der Waals surface area contributed by atoms with E-state index in [-0.39, 0.29) is 0 Å². The van der Waals surface area contributed by atoms with E-state index in [1.807, 2.05) is 36.5 Å². The number of hydrogen-bond acceptors (Lipinski definition) is 2. The number of rotatable bonds is 4. The Labute approximate surface area is 103 Å². The molecule has 0 fully saturated rings. The lowest BCUT2D eigenvalue weighted by Crippen LogP contribution is -2.01. The molecule has 0 unspecified atom stereocenters. The fourth-order valence-corrected chi connectivity index (χ4v) is 1.79. The Morgan fingerprint density at radius 3 is 2.75 bits per heavy atom. The second-order valence-corrected chi connectivity index (χ2v) is 4.24. The molecule has 0 N–H and O–H groups in total. The van der Waals surface area contributed by atoms with Gasteiger partial charge in [-0.15, -0.1) is 0 Å². The van der Waals surface area contributed by atoms with Crippen LogP contribution in [0.1, 0.15) is 5.56 Å². The first-order chi connectivity index (χ1) is 7.86. The van der Waals surface area contributed by atoms with Gasteiger partial charge in [-0.1, -0.05) is 18.2 Å². The van der Waals surface area contributed by atoms with E-state index in [1.165, 1.54) is 5.56 Å². The summed E-state index contributed by atoms with van der Waals surface area (Å²) in [7, 11) is 0. The van der Waals surface area contributed by atoms with E-state index in [9.17, 15) is 0 Å². The molecule has 1 heterocycles. The highest BCUT2D eigenvalue weighted by molar-refractivity contribution is 9.10. The third-order valence-corrected chi connectivity index (χ3v) is 2.86. The summed E-state index contributed by atoms with van der Waals surface area (Å²) in [4.78, 5) is 4.06. The van der Waals surface area contributed by atoms with E-state index in [0.29, 0.717) is 6.61 Å². The highest BCUT2D eigenvalue weighted by Gasteiger charge is 1.99. The van der Waals surface area contributed by atoms with Gasteiger partial charge in [0.05, 0.1) is 11.1 Å². The van der Waals surface area contributed by atoms with Crippen LogP contribution in [0.2, 0.25) is 0 Å². The molecule has 3 heteroatoms. The lowest BCUT2D eigenvalue weighted by atomic mass is 10.2. The van der Waals surface area contributed by atoms with Gasteiger partial charge in [0.2, 0.25) is 0 Å². The van der Waals surface area contributed by atoms with Crippen LogP contribution in [0.15, 0.2) is 53.3 Å². The maximum atomic E-state index is 5.67. The largest absolute Gasteiger partial charge is 0.492 e. The van der Waals surface area contributed by atoms with Crippen molar-refractivity contribution >= 4 is 15.9 Å². The minimum atomic E-state index is 0.661. The lowest BCUT2D eigenvalue weighted by molar-refractivity contribution is 0.320. The minimum absolute atomic E-state index is 0.661. The van der Waals surface area contributed by atoms with Gasteiger partial charge in [0.1, 0.15) is 5.75 Å². The quantitative estimate of drug-likeness (QED) is 0.854. The van der Waals surface area contributed by atoms with E-state index < -0.39 is 0 Å². The Kier molecular flexibility index (Phi) is 3.94. The smallest absolute Gasteiger partial charge is 0.133 e. The van der Waals surface area contributed by atoms with Crippen molar-refractivity contribution in [2.75, 3.05) is 6.61 Å². The second-order valence-electron chi connectivity index (χ2n) is 3.39. The fourth-order valence-electron chi connectivity index (χ4n) is 1.39. The summed E-state index contributed by atoms with van der Waals surface area (Å²) in [6, 6.07) is 11.8. The SMILES string of the molecule is Brc1ccccc1OCCc1cccnc1. The van der Waals surface area contributed by atoms with Gasteiger partial charge < -0.3 is 4.74 Å². The zero-order valence-corrected chi connectivity index (χ0v) is 10.4. The van der Waals surface area contributed by atoms with E-state index in [4.69, 9.17) is 4.74 Å². The van der Waals surface area contributed by atoms with Gasteiger partial charge in [-0.05, 0) is 39.7 Å². The van der Waals surface area contributed by atoms with Crippen LogP contribution in [-0.2, 0) is 6.42 Å². The third-order valence-electron chi connectivity index (χ3n) is 2.21. The molecule has 1 aromatic carbocycles. The van der Waals surface area contributed by atoms with Crippen molar-refractivity contribution in [1.82, 2.24) is 4.98 Å². The molecule has 0 bridgehead atoms. The van der Waals surface area contributed by atoms with Gasteiger partial charge in [0.25, 0.3) is 0 Å². The van der Waals surface area contributed by atoms with Crippen molar-refractivity contribution < 1.29 is 4.74 Å². The van der Waals surface area contributed by atoms with Crippen molar-refractivity contribution in [3.8, 4) is 5.75 Å².